The molecule has 2 aromatic rings. The van der Waals surface area contributed by atoms with Gasteiger partial charge in [-0.2, -0.15) is 0 Å². The van der Waals surface area contributed by atoms with Crippen LogP contribution in [0.4, 0.5) is 8.78 Å². The van der Waals surface area contributed by atoms with Crippen LogP contribution in [0.15, 0.2) is 60.1 Å². The molecule has 0 fully saturated rings. The van der Waals surface area contributed by atoms with E-state index in [2.05, 4.69) is 16.9 Å². The zero-order chi connectivity index (χ0) is 19.1. The molecule has 0 atom stereocenters. The number of nitrogens with two attached hydrogens (primary N) is 1. The van der Waals surface area contributed by atoms with Crippen LogP contribution in [0.3, 0.4) is 0 Å². The quantitative estimate of drug-likeness (QED) is 0.616. The number of hydrogen-bond donors (Lipinski definition) is 2. The molecule has 6 heteroatoms. The van der Waals surface area contributed by atoms with Gasteiger partial charge in [0.1, 0.15) is 0 Å². The van der Waals surface area contributed by atoms with Crippen LogP contribution in [0.5, 0.6) is 0 Å². The largest absolute Gasteiger partial charge is 0.398 e. The minimum Gasteiger partial charge on any atom is -0.398 e. The molecule has 0 saturated carbocycles. The topological polar surface area (TPSA) is 67.5 Å². The summed E-state index contributed by atoms with van der Waals surface area (Å²) >= 11 is 0. The highest BCUT2D eigenvalue weighted by molar-refractivity contribution is 5.87. The van der Waals surface area contributed by atoms with E-state index in [0.29, 0.717) is 22.4 Å². The van der Waals surface area contributed by atoms with Crippen LogP contribution in [0.1, 0.15) is 11.1 Å². The zero-order valence-electron chi connectivity index (χ0n) is 14.3. The molecule has 0 aliphatic carbocycles. The van der Waals surface area contributed by atoms with E-state index in [-0.39, 0.29) is 12.5 Å². The van der Waals surface area contributed by atoms with Crippen molar-refractivity contribution in [3.63, 3.8) is 0 Å². The van der Waals surface area contributed by atoms with Crippen molar-refractivity contribution >= 4 is 17.8 Å². The molecule has 0 unspecified atom stereocenters. The number of carbonyl (C=O) groups is 1. The van der Waals surface area contributed by atoms with Crippen LogP contribution < -0.4 is 11.1 Å². The summed E-state index contributed by atoms with van der Waals surface area (Å²) in [6, 6.07) is 8.99. The lowest BCUT2D eigenvalue weighted by atomic mass is 9.97. The molecule has 0 aliphatic rings. The fourth-order valence-corrected chi connectivity index (χ4v) is 2.35. The Morgan fingerprint density at radius 3 is 2.54 bits per heavy atom. The van der Waals surface area contributed by atoms with Crippen molar-refractivity contribution in [1.29, 1.82) is 0 Å². The highest BCUT2D eigenvalue weighted by atomic mass is 19.2. The summed E-state index contributed by atoms with van der Waals surface area (Å²) < 4.78 is 26.7. The maximum absolute atomic E-state index is 13.5. The van der Waals surface area contributed by atoms with Gasteiger partial charge in [-0.15, -0.1) is 0 Å². The number of nitrogens with zero attached hydrogens (tertiary/aromatic N) is 1. The molecule has 26 heavy (non-hydrogen) atoms. The van der Waals surface area contributed by atoms with Gasteiger partial charge in [0.15, 0.2) is 11.6 Å². The molecule has 2 rings (SSSR count). The summed E-state index contributed by atoms with van der Waals surface area (Å²) in [4.78, 5) is 15.3. The van der Waals surface area contributed by atoms with Crippen LogP contribution >= 0.6 is 0 Å². The van der Waals surface area contributed by atoms with Crippen molar-refractivity contribution in [3.8, 4) is 11.1 Å². The molecule has 3 N–H and O–H groups in total. The Balaban J connectivity index is 2.48. The van der Waals surface area contributed by atoms with Gasteiger partial charge in [-0.05, 0) is 47.0 Å². The summed E-state index contributed by atoms with van der Waals surface area (Å²) in [6.07, 6.45) is 4.35. The predicted molar refractivity (Wildman–Crippen MR) is 100 cm³/mol. The first-order valence-corrected chi connectivity index (χ1v) is 7.83. The first-order valence-electron chi connectivity index (χ1n) is 7.83. The number of rotatable bonds is 6. The molecule has 0 bridgehead atoms. The molecule has 0 heterocycles. The molecular weight excluding hydrogens is 336 g/mol. The summed E-state index contributed by atoms with van der Waals surface area (Å²) in [6.45, 7) is 3.65. The molecule has 0 radical (unpaired) electrons. The van der Waals surface area contributed by atoms with Gasteiger partial charge in [-0.3, -0.25) is 9.79 Å². The van der Waals surface area contributed by atoms with Crippen molar-refractivity contribution in [3.05, 3.63) is 77.9 Å². The van der Waals surface area contributed by atoms with E-state index < -0.39 is 11.6 Å². The number of amides is 1. The number of nitrogens with one attached hydrogen (secondary N) is 1. The lowest BCUT2D eigenvalue weighted by molar-refractivity contribution is -0.116. The lowest BCUT2D eigenvalue weighted by Gasteiger charge is -2.13. The van der Waals surface area contributed by atoms with Crippen LogP contribution in [0.25, 0.3) is 16.8 Å². The van der Waals surface area contributed by atoms with E-state index in [1.807, 2.05) is 0 Å². The van der Waals surface area contributed by atoms with Gasteiger partial charge in [-0.25, -0.2) is 8.78 Å². The minimum absolute atomic E-state index is 0.246. The highest BCUT2D eigenvalue weighted by Crippen LogP contribution is 2.26. The van der Waals surface area contributed by atoms with Gasteiger partial charge in [-0.1, -0.05) is 24.8 Å². The number of carbonyl (C=O) groups excluding carboxylic acids is 1. The monoisotopic (exact) mass is 355 g/mol. The second kappa shape index (κ2) is 8.71. The van der Waals surface area contributed by atoms with Crippen LogP contribution in [0, 0.1) is 11.6 Å². The lowest BCUT2D eigenvalue weighted by Crippen LogP contribution is -2.21. The number of hydrogen-bond acceptors (Lipinski definition) is 3. The fourth-order valence-electron chi connectivity index (χ4n) is 2.35. The smallest absolute Gasteiger partial charge is 0.243 e. The van der Waals surface area contributed by atoms with Crippen molar-refractivity contribution in [1.82, 2.24) is 5.32 Å². The molecular formula is C20H19F2N3O. The maximum atomic E-state index is 13.5. The van der Waals surface area contributed by atoms with E-state index in [4.69, 9.17) is 5.73 Å². The molecule has 1 amide bonds. The van der Waals surface area contributed by atoms with E-state index in [1.54, 1.807) is 37.5 Å². The second-order valence-electron chi connectivity index (χ2n) is 5.45. The van der Waals surface area contributed by atoms with Crippen LogP contribution in [-0.4, -0.2) is 19.2 Å². The van der Waals surface area contributed by atoms with Gasteiger partial charge >= 0.3 is 0 Å². The third kappa shape index (κ3) is 4.63. The number of aliphatic imine (C=N–C) groups is 1. The SMILES string of the molecule is C=CC(=O)NCc1ccc(-c2ccc(F)c(F)c2)cc1/C(N)=C/C=NC. The van der Waals surface area contributed by atoms with Crippen molar-refractivity contribution < 1.29 is 13.6 Å². The highest BCUT2D eigenvalue weighted by Gasteiger charge is 2.10. The minimum atomic E-state index is -0.923. The summed E-state index contributed by atoms with van der Waals surface area (Å²) in [5.41, 5.74) is 9.18. The zero-order valence-corrected chi connectivity index (χ0v) is 14.3. The second-order valence-corrected chi connectivity index (χ2v) is 5.45. The van der Waals surface area contributed by atoms with Crippen molar-refractivity contribution in [2.24, 2.45) is 10.7 Å². The van der Waals surface area contributed by atoms with Gasteiger partial charge < -0.3 is 11.1 Å². The first-order chi connectivity index (χ1) is 12.5. The summed E-state index contributed by atoms with van der Waals surface area (Å²) in [5, 5.41) is 2.69. The fraction of sp³-hybridized carbons (Fsp3) is 0.100. The molecule has 0 saturated heterocycles. The Bertz CT molecular complexity index is 889. The van der Waals surface area contributed by atoms with E-state index in [9.17, 15) is 13.6 Å². The Morgan fingerprint density at radius 2 is 1.88 bits per heavy atom. The van der Waals surface area contributed by atoms with Gasteiger partial charge in [0, 0.05) is 31.1 Å². The van der Waals surface area contributed by atoms with Gasteiger partial charge in [0.2, 0.25) is 5.91 Å². The molecule has 4 nitrogen and oxygen atoms in total. The Morgan fingerprint density at radius 1 is 1.19 bits per heavy atom. The van der Waals surface area contributed by atoms with Crippen LogP contribution in [-0.2, 0) is 11.3 Å². The predicted octanol–water partition coefficient (Wildman–Crippen LogP) is 3.43. The van der Waals surface area contributed by atoms with E-state index in [1.165, 1.54) is 12.1 Å². The Labute approximate surface area is 150 Å². The molecule has 0 aromatic heterocycles. The summed E-state index contributed by atoms with van der Waals surface area (Å²) in [5.74, 6) is -2.14. The average molecular weight is 355 g/mol. The first kappa shape index (κ1) is 19.1. The standard InChI is InChI=1S/C20H19F2N3O/c1-3-20(26)25-12-15-5-4-13(10-16(15)19(23)8-9-24-2)14-6-7-17(21)18(22)11-14/h3-11H,1,12,23H2,2H3,(H,25,26)/b19-8-,24-9?. The van der Waals surface area contributed by atoms with Crippen molar-refractivity contribution in [2.75, 3.05) is 7.05 Å². The van der Waals surface area contributed by atoms with Crippen LogP contribution in [0.2, 0.25) is 0 Å². The normalized spacial score (nSPS) is 11.6. The number of allylic oxidation sites excluding steroid dienone is 1. The Hall–Kier alpha value is -3.28. The number of benzene rings is 2. The van der Waals surface area contributed by atoms with E-state index >= 15 is 0 Å². The molecule has 134 valence electrons. The average Bonchev–Trinajstić information content (AvgIpc) is 2.66. The van der Waals surface area contributed by atoms with Gasteiger partial charge in [0.25, 0.3) is 0 Å². The number of halogens is 2. The molecule has 0 aliphatic heterocycles. The third-order valence-corrected chi connectivity index (χ3v) is 3.72. The van der Waals surface area contributed by atoms with Gasteiger partial charge in [0.05, 0.1) is 0 Å². The third-order valence-electron chi connectivity index (χ3n) is 3.72. The Kier molecular flexibility index (Phi) is 6.38. The van der Waals surface area contributed by atoms with E-state index in [0.717, 1.165) is 17.7 Å². The molecule has 2 aromatic carbocycles. The summed E-state index contributed by atoms with van der Waals surface area (Å²) in [7, 11) is 1.62. The maximum Gasteiger partial charge on any atom is 0.243 e. The van der Waals surface area contributed by atoms with Crippen molar-refractivity contribution in [2.45, 2.75) is 6.54 Å². The molecule has 0 spiro atoms.